The van der Waals surface area contributed by atoms with Gasteiger partial charge in [-0.05, 0) is 31.9 Å². The summed E-state index contributed by atoms with van der Waals surface area (Å²) < 4.78 is 16.0. The Kier molecular flexibility index (Phi) is 5.19. The molecule has 124 valence electrons. The highest BCUT2D eigenvalue weighted by Gasteiger charge is 2.21. The van der Waals surface area contributed by atoms with Gasteiger partial charge in [0.15, 0.2) is 5.82 Å². The first-order valence-corrected chi connectivity index (χ1v) is 7.88. The molecule has 23 heavy (non-hydrogen) atoms. The summed E-state index contributed by atoms with van der Waals surface area (Å²) in [6.45, 7) is 4.97. The minimum absolute atomic E-state index is 0.308. The van der Waals surface area contributed by atoms with E-state index in [1.807, 2.05) is 19.1 Å². The first kappa shape index (κ1) is 15.9. The lowest BCUT2D eigenvalue weighted by Gasteiger charge is -2.32. The van der Waals surface area contributed by atoms with Crippen molar-refractivity contribution in [2.75, 3.05) is 38.3 Å². The lowest BCUT2D eigenvalue weighted by molar-refractivity contribution is 0.00605. The van der Waals surface area contributed by atoms with Crippen LogP contribution in [0.25, 0.3) is 11.5 Å². The van der Waals surface area contributed by atoms with E-state index in [0.29, 0.717) is 31.0 Å². The average molecular weight is 318 g/mol. The van der Waals surface area contributed by atoms with Gasteiger partial charge >= 0.3 is 0 Å². The zero-order valence-corrected chi connectivity index (χ0v) is 13.6. The second kappa shape index (κ2) is 7.52. The van der Waals surface area contributed by atoms with Crippen LogP contribution in [0.15, 0.2) is 22.9 Å². The van der Waals surface area contributed by atoms with Crippen molar-refractivity contribution in [2.24, 2.45) is 0 Å². The molecule has 0 bridgehead atoms. The number of aromatic nitrogens is 3. The van der Waals surface area contributed by atoms with E-state index >= 15 is 0 Å². The van der Waals surface area contributed by atoms with E-state index < -0.39 is 0 Å². The van der Waals surface area contributed by atoms with Crippen LogP contribution in [0, 0.1) is 6.92 Å². The van der Waals surface area contributed by atoms with Gasteiger partial charge in [0.25, 0.3) is 5.89 Å². The fourth-order valence-electron chi connectivity index (χ4n) is 2.69. The number of methoxy groups -OCH3 is 1. The second-order valence-electron chi connectivity index (χ2n) is 5.60. The van der Waals surface area contributed by atoms with Crippen molar-refractivity contribution in [1.82, 2.24) is 15.1 Å². The topological polar surface area (TPSA) is 73.5 Å². The van der Waals surface area contributed by atoms with Crippen LogP contribution in [-0.2, 0) is 9.47 Å². The highest BCUT2D eigenvalue weighted by atomic mass is 16.5. The van der Waals surface area contributed by atoms with Gasteiger partial charge in [-0.2, -0.15) is 4.98 Å². The Hall–Kier alpha value is -1.99. The molecule has 7 heteroatoms. The van der Waals surface area contributed by atoms with Crippen molar-refractivity contribution in [2.45, 2.75) is 25.9 Å². The molecule has 0 amide bonds. The van der Waals surface area contributed by atoms with Gasteiger partial charge in [-0.1, -0.05) is 5.16 Å². The molecule has 0 saturated carbocycles. The normalized spacial score (nSPS) is 16.0. The van der Waals surface area contributed by atoms with Crippen LogP contribution in [0.3, 0.4) is 0 Å². The third-order valence-corrected chi connectivity index (χ3v) is 3.93. The van der Waals surface area contributed by atoms with Gasteiger partial charge in [0.2, 0.25) is 0 Å². The van der Waals surface area contributed by atoms with Crippen molar-refractivity contribution in [3.05, 3.63) is 24.2 Å². The molecular formula is C16H22N4O3. The molecule has 7 nitrogen and oxygen atoms in total. The molecular weight excluding hydrogens is 296 g/mol. The molecule has 0 radical (unpaired) electrons. The molecule has 1 aliphatic rings. The van der Waals surface area contributed by atoms with Crippen molar-refractivity contribution in [3.63, 3.8) is 0 Å². The summed E-state index contributed by atoms with van der Waals surface area (Å²) in [4.78, 5) is 11.0. The number of nitrogens with zero attached hydrogens (tertiary/aromatic N) is 4. The van der Waals surface area contributed by atoms with Crippen LogP contribution < -0.4 is 4.90 Å². The van der Waals surface area contributed by atoms with Gasteiger partial charge in [-0.15, -0.1) is 0 Å². The van der Waals surface area contributed by atoms with Crippen molar-refractivity contribution >= 4 is 5.82 Å². The fraction of sp³-hybridized carbons (Fsp3) is 0.562. The molecule has 0 aromatic carbocycles. The number of ether oxygens (including phenoxy) is 2. The first-order valence-electron chi connectivity index (χ1n) is 7.88. The van der Waals surface area contributed by atoms with Gasteiger partial charge in [-0.3, -0.25) is 0 Å². The third kappa shape index (κ3) is 4.05. The molecule has 0 N–H and O–H groups in total. The van der Waals surface area contributed by atoms with Gasteiger partial charge in [-0.25, -0.2) is 4.98 Å². The van der Waals surface area contributed by atoms with Gasteiger partial charge in [0.1, 0.15) is 5.82 Å². The summed E-state index contributed by atoms with van der Waals surface area (Å²) in [7, 11) is 1.69. The van der Waals surface area contributed by atoms with E-state index in [9.17, 15) is 0 Å². The Balaban J connectivity index is 1.60. The Morgan fingerprint density at radius 3 is 2.83 bits per heavy atom. The maximum Gasteiger partial charge on any atom is 0.258 e. The Morgan fingerprint density at radius 2 is 2.13 bits per heavy atom. The number of anilines is 1. The fourth-order valence-corrected chi connectivity index (χ4v) is 2.69. The minimum atomic E-state index is 0.308. The molecule has 0 aliphatic carbocycles. The smallest absolute Gasteiger partial charge is 0.258 e. The standard InChI is InChI=1S/C16H22N4O3/c1-12-18-16(23-19-12)13-3-6-17-15(11-13)20-7-4-14(5-8-20)22-10-9-21-2/h3,6,11,14H,4-5,7-10H2,1-2H3. The molecule has 1 aliphatic heterocycles. The lowest BCUT2D eigenvalue weighted by Crippen LogP contribution is -2.37. The van der Waals surface area contributed by atoms with E-state index in [1.165, 1.54) is 0 Å². The SMILES string of the molecule is COCCOC1CCN(c2cc(-c3nc(C)no3)ccn2)CC1. The Morgan fingerprint density at radius 1 is 1.30 bits per heavy atom. The summed E-state index contributed by atoms with van der Waals surface area (Å²) in [6, 6.07) is 3.89. The maximum absolute atomic E-state index is 5.80. The number of pyridine rings is 1. The number of hydrogen-bond donors (Lipinski definition) is 0. The first-order chi connectivity index (χ1) is 11.3. The maximum atomic E-state index is 5.80. The van der Waals surface area contributed by atoms with E-state index in [0.717, 1.165) is 37.3 Å². The molecule has 0 unspecified atom stereocenters. The predicted molar refractivity (Wildman–Crippen MR) is 85.3 cm³/mol. The average Bonchev–Trinajstić information content (AvgIpc) is 3.02. The summed E-state index contributed by atoms with van der Waals surface area (Å²) in [6.07, 6.45) is 4.08. The van der Waals surface area contributed by atoms with Crippen LogP contribution >= 0.6 is 0 Å². The van der Waals surface area contributed by atoms with E-state index in [1.54, 1.807) is 13.3 Å². The molecule has 2 aromatic rings. The summed E-state index contributed by atoms with van der Waals surface area (Å²) in [5, 5.41) is 3.83. The summed E-state index contributed by atoms with van der Waals surface area (Å²) in [5.41, 5.74) is 0.897. The molecule has 3 rings (SSSR count). The van der Waals surface area contributed by atoms with Gasteiger partial charge < -0.3 is 18.9 Å². The van der Waals surface area contributed by atoms with Crippen LogP contribution in [-0.4, -0.2) is 54.6 Å². The molecule has 1 saturated heterocycles. The summed E-state index contributed by atoms with van der Waals surface area (Å²) in [5.74, 6) is 2.10. The van der Waals surface area contributed by atoms with E-state index in [-0.39, 0.29) is 0 Å². The monoisotopic (exact) mass is 318 g/mol. The zero-order valence-electron chi connectivity index (χ0n) is 13.6. The highest BCUT2D eigenvalue weighted by molar-refractivity contribution is 5.58. The Bertz CT molecular complexity index is 623. The number of aryl methyl sites for hydroxylation is 1. The van der Waals surface area contributed by atoms with Crippen molar-refractivity contribution < 1.29 is 14.0 Å². The van der Waals surface area contributed by atoms with Crippen LogP contribution in [0.2, 0.25) is 0 Å². The molecule has 1 fully saturated rings. The quantitative estimate of drug-likeness (QED) is 0.755. The zero-order chi connectivity index (χ0) is 16.1. The van der Waals surface area contributed by atoms with Crippen molar-refractivity contribution in [3.8, 4) is 11.5 Å². The largest absolute Gasteiger partial charge is 0.382 e. The number of hydrogen-bond acceptors (Lipinski definition) is 7. The number of piperidine rings is 1. The van der Waals surface area contributed by atoms with Gasteiger partial charge in [0, 0.05) is 32.0 Å². The second-order valence-corrected chi connectivity index (χ2v) is 5.60. The van der Waals surface area contributed by atoms with Crippen LogP contribution in [0.4, 0.5) is 5.82 Å². The number of rotatable bonds is 6. The van der Waals surface area contributed by atoms with E-state index in [4.69, 9.17) is 14.0 Å². The van der Waals surface area contributed by atoms with Crippen LogP contribution in [0.5, 0.6) is 0 Å². The van der Waals surface area contributed by atoms with E-state index in [2.05, 4.69) is 20.0 Å². The van der Waals surface area contributed by atoms with Gasteiger partial charge in [0.05, 0.1) is 19.3 Å². The third-order valence-electron chi connectivity index (χ3n) is 3.93. The highest BCUT2D eigenvalue weighted by Crippen LogP contribution is 2.24. The van der Waals surface area contributed by atoms with Crippen LogP contribution in [0.1, 0.15) is 18.7 Å². The molecule has 0 spiro atoms. The van der Waals surface area contributed by atoms with Crippen molar-refractivity contribution in [1.29, 1.82) is 0 Å². The predicted octanol–water partition coefficient (Wildman–Crippen LogP) is 2.07. The Labute approximate surface area is 135 Å². The summed E-state index contributed by atoms with van der Waals surface area (Å²) >= 11 is 0. The molecule has 0 atom stereocenters. The molecule has 3 heterocycles. The lowest BCUT2D eigenvalue weighted by atomic mass is 10.1. The molecule has 2 aromatic heterocycles. The minimum Gasteiger partial charge on any atom is -0.382 e.